The Labute approximate surface area is 402 Å². The number of aromatic hydroxyl groups is 2. The highest BCUT2D eigenvalue weighted by atomic mass is 16.7. The highest BCUT2D eigenvalue weighted by molar-refractivity contribution is 6.13. The van der Waals surface area contributed by atoms with Crippen molar-refractivity contribution in [3.63, 3.8) is 0 Å². The first-order valence-corrected chi connectivity index (χ1v) is 23.3. The summed E-state index contributed by atoms with van der Waals surface area (Å²) in [5, 5.41) is 89.3. The van der Waals surface area contributed by atoms with E-state index < -0.39 is 59.0 Å². The normalized spacial score (nSPS) is 27.2. The van der Waals surface area contributed by atoms with Crippen LogP contribution in [0.15, 0.2) is 124 Å². The Balaban J connectivity index is 1.06. The number of amidine groups is 1. The zero-order valence-electron chi connectivity index (χ0n) is 38.1. The Hall–Kier alpha value is -7.31. The van der Waals surface area contributed by atoms with Crippen molar-refractivity contribution in [1.82, 2.24) is 0 Å². The number of phenolic OH excluding ortho intramolecular Hbond substituents is 2. The standard InChI is InChI=1S/C53H52N4O13/c1-2-29-21-33(23-35(58)22-29)51(17-6-7-18-51)70-46-41(25-40-43(45(46)60)38(59)24-39(67-40)31-10-13-36(14-11-31)66-19-16-34-12-15-42(54)57-34)68-50-52(64)26-32(20-30-8-4-3-5-9-30)44(37-27-55-28-56-37)53(65,49(52)63)47(69-50)48(61)62/h3-5,8-15,21-26,28,39,44,47,49-50,54,58-60,63-65H,2,6-7,16-20,27H2,1H3,(H,61,62)/p+1/t39?,44-,47-,49+,50-,52-,53-/m1/s1. The number of aliphatic carboxylic acids is 1. The summed E-state index contributed by atoms with van der Waals surface area (Å²) in [6, 6.07) is 22.6. The number of aryl methyl sites for hydroxylation is 1. The van der Waals surface area contributed by atoms with E-state index in [4.69, 9.17) is 29.1 Å². The number of fused-ring (bicyclic) bond motifs is 3. The Bertz CT molecular complexity index is 2920. The lowest BCUT2D eigenvalue weighted by atomic mass is 9.60. The van der Waals surface area contributed by atoms with Gasteiger partial charge < -0.3 is 59.4 Å². The number of carboxylic acids is 1. The van der Waals surface area contributed by atoms with Gasteiger partial charge in [0, 0.05) is 24.6 Å². The fourth-order valence-electron chi connectivity index (χ4n) is 10.5. The number of allylic oxidation sites excluding steroid dienone is 1. The molecule has 9 N–H and O–H groups in total. The van der Waals surface area contributed by atoms with Crippen LogP contribution < -0.4 is 24.4 Å². The van der Waals surface area contributed by atoms with Crippen LogP contribution in [0.25, 0.3) is 5.76 Å². The van der Waals surface area contributed by atoms with Crippen molar-refractivity contribution in [2.24, 2.45) is 20.9 Å². The van der Waals surface area contributed by atoms with Crippen LogP contribution in [0.2, 0.25) is 0 Å². The second-order valence-electron chi connectivity index (χ2n) is 18.5. The predicted molar refractivity (Wildman–Crippen MR) is 256 cm³/mol. The fraction of sp³-hybridized carbons (Fsp3) is 0.340. The van der Waals surface area contributed by atoms with Crippen molar-refractivity contribution in [2.75, 3.05) is 13.2 Å². The molecule has 0 spiro atoms. The van der Waals surface area contributed by atoms with Gasteiger partial charge in [0.15, 0.2) is 28.9 Å². The number of ether oxygens (including phenoxy) is 5. The molecule has 70 heavy (non-hydrogen) atoms. The molecule has 4 aromatic carbocycles. The number of hydrogen-bond donors (Lipinski definition) is 8. The van der Waals surface area contributed by atoms with Gasteiger partial charge in [0.2, 0.25) is 12.0 Å². The van der Waals surface area contributed by atoms with Crippen LogP contribution in [0, 0.1) is 5.92 Å². The summed E-state index contributed by atoms with van der Waals surface area (Å²) in [5.41, 5.74) is -2.49. The molecule has 4 aliphatic heterocycles. The van der Waals surface area contributed by atoms with Gasteiger partial charge in [0.25, 0.3) is 0 Å². The highest BCUT2D eigenvalue weighted by Crippen LogP contribution is 2.57. The summed E-state index contributed by atoms with van der Waals surface area (Å²) in [6.45, 7) is 2.29. The van der Waals surface area contributed by atoms with E-state index in [1.807, 2.05) is 49.4 Å². The second-order valence-corrected chi connectivity index (χ2v) is 18.5. The molecule has 17 heteroatoms. The lowest BCUT2D eigenvalue weighted by molar-refractivity contribution is -0.338. The van der Waals surface area contributed by atoms with Gasteiger partial charge in [0.05, 0.1) is 24.8 Å². The number of nitrogens with zero attached hydrogens (tertiary/aromatic N) is 3. The van der Waals surface area contributed by atoms with E-state index in [0.717, 1.165) is 16.8 Å². The van der Waals surface area contributed by atoms with Crippen LogP contribution >= 0.6 is 0 Å². The number of carbonyl (C=O) groups is 1. The summed E-state index contributed by atoms with van der Waals surface area (Å²) in [5.74, 6) is -3.65. The van der Waals surface area contributed by atoms with Crippen LogP contribution in [0.1, 0.15) is 72.9 Å². The van der Waals surface area contributed by atoms with E-state index in [-0.39, 0.29) is 53.0 Å². The maximum Gasteiger partial charge on any atom is 0.336 e. The molecule has 0 radical (unpaired) electrons. The molecule has 2 fully saturated rings. The monoisotopic (exact) mass is 953 g/mol. The minimum Gasteiger partial charge on any atom is -0.508 e. The summed E-state index contributed by atoms with van der Waals surface area (Å²) < 4.78 is 32.0. The zero-order chi connectivity index (χ0) is 49.0. The Morgan fingerprint density at radius 3 is 2.41 bits per heavy atom. The quantitative estimate of drug-likeness (QED) is 0.0748. The maximum absolute atomic E-state index is 13.3. The third-order valence-corrected chi connectivity index (χ3v) is 14.0. The number of hydrogen-bond acceptors (Lipinski definition) is 14. The highest BCUT2D eigenvalue weighted by Gasteiger charge is 2.71. The van der Waals surface area contributed by atoms with E-state index in [1.54, 1.807) is 42.5 Å². The number of aliphatic imine (C=N–C) groups is 3. The first-order valence-electron chi connectivity index (χ1n) is 23.3. The molecule has 2 aliphatic carbocycles. The maximum atomic E-state index is 13.3. The van der Waals surface area contributed by atoms with Gasteiger partial charge in [-0.25, -0.2) is 9.79 Å². The van der Waals surface area contributed by atoms with Crippen molar-refractivity contribution in [2.45, 2.75) is 93.3 Å². The van der Waals surface area contributed by atoms with Gasteiger partial charge in [-0.2, -0.15) is 0 Å². The zero-order valence-corrected chi connectivity index (χ0v) is 38.1. The SMILES string of the molecule is CCc1cc(O)cc(C2(Oc3c(O[C@@H]4O[C@H](C(=O)O)[C@]5(O)[C@@H](C6=NC=NC6)C(Cc6ccccc6)=C[C@@]4(O)[C@@H]5O)cc4c(c3O)C(O)=CC(c3ccc(OCCC5=NC(=[NH2+])C=C5)cc3)O4)CCCC2)c1. The number of phenols is 2. The smallest absolute Gasteiger partial charge is 0.336 e. The van der Waals surface area contributed by atoms with Crippen LogP contribution in [0.4, 0.5) is 0 Å². The number of aliphatic hydroxyl groups is 4. The van der Waals surface area contributed by atoms with E-state index >= 15 is 0 Å². The Kier molecular flexibility index (Phi) is 12.1. The molecule has 1 saturated carbocycles. The van der Waals surface area contributed by atoms with Crippen LogP contribution in [0.3, 0.4) is 0 Å². The van der Waals surface area contributed by atoms with Crippen LogP contribution in [-0.2, 0) is 28.0 Å². The summed E-state index contributed by atoms with van der Waals surface area (Å²) >= 11 is 0. The molecule has 7 atom stereocenters. The van der Waals surface area contributed by atoms with Crippen molar-refractivity contribution < 1.29 is 69.6 Å². The van der Waals surface area contributed by atoms with Crippen LogP contribution in [0.5, 0.6) is 34.5 Å². The van der Waals surface area contributed by atoms with Gasteiger partial charge in [0.1, 0.15) is 58.3 Å². The topological polar surface area (TPSA) is 267 Å². The van der Waals surface area contributed by atoms with Gasteiger partial charge in [-0.1, -0.05) is 61.0 Å². The first kappa shape index (κ1) is 46.4. The largest absolute Gasteiger partial charge is 0.508 e. The van der Waals surface area contributed by atoms with Crippen molar-refractivity contribution in [3.05, 3.63) is 137 Å². The average molecular weight is 954 g/mol. The number of nitrogens with two attached hydrogens (primary N) is 1. The predicted octanol–water partition coefficient (Wildman–Crippen LogP) is 4.77. The van der Waals surface area contributed by atoms with E-state index in [1.165, 1.54) is 24.6 Å². The van der Waals surface area contributed by atoms with Gasteiger partial charge in [-0.15, -0.1) is 0 Å². The summed E-state index contributed by atoms with van der Waals surface area (Å²) in [7, 11) is 0. The van der Waals surface area contributed by atoms with Gasteiger partial charge in [-0.3, -0.25) is 10.4 Å². The van der Waals surface area contributed by atoms with Crippen LogP contribution in [-0.4, -0.2) is 108 Å². The van der Waals surface area contributed by atoms with Gasteiger partial charge in [-0.05, 0) is 102 Å². The lowest BCUT2D eigenvalue weighted by Crippen LogP contribution is -2.79. The molecule has 0 amide bonds. The Morgan fingerprint density at radius 2 is 1.73 bits per heavy atom. The van der Waals surface area contributed by atoms with E-state index in [2.05, 4.69) is 15.0 Å². The average Bonchev–Trinajstić information content (AvgIpc) is 4.14. The minimum absolute atomic E-state index is 0.00364. The molecule has 10 rings (SSSR count). The van der Waals surface area contributed by atoms with Crippen molar-refractivity contribution >= 4 is 35.3 Å². The van der Waals surface area contributed by atoms with E-state index in [9.17, 15) is 40.5 Å². The Morgan fingerprint density at radius 1 is 0.957 bits per heavy atom. The molecule has 17 nitrogen and oxygen atoms in total. The second kappa shape index (κ2) is 18.2. The van der Waals surface area contributed by atoms with Crippen molar-refractivity contribution in [3.8, 4) is 34.5 Å². The summed E-state index contributed by atoms with van der Waals surface area (Å²) in [4.78, 5) is 26.1. The third kappa shape index (κ3) is 8.27. The molecule has 0 aromatic heterocycles. The van der Waals surface area contributed by atoms with Gasteiger partial charge >= 0.3 is 11.8 Å². The molecule has 1 unspecified atom stereocenters. The molecule has 6 aliphatic rings. The minimum atomic E-state index is -2.70. The molecule has 2 bridgehead atoms. The molecule has 362 valence electrons. The lowest BCUT2D eigenvalue weighted by Gasteiger charge is -2.57. The molecular formula is C53H53N4O13+. The number of benzene rings is 4. The molecule has 1 saturated heterocycles. The fourth-order valence-corrected chi connectivity index (χ4v) is 10.5. The molecular weight excluding hydrogens is 901 g/mol. The molecule has 4 heterocycles. The van der Waals surface area contributed by atoms with Crippen molar-refractivity contribution in [1.29, 1.82) is 0 Å². The van der Waals surface area contributed by atoms with E-state index in [0.29, 0.717) is 73.4 Å². The number of aliphatic hydroxyl groups excluding tert-OH is 2. The third-order valence-electron chi connectivity index (χ3n) is 14.0. The number of rotatable bonds is 15. The molecule has 4 aromatic rings. The summed E-state index contributed by atoms with van der Waals surface area (Å²) in [6.07, 6.45) is 3.63. The first-order chi connectivity index (χ1) is 33.7. The number of carboxylic acid groups (broad SMARTS) is 1.